The van der Waals surface area contributed by atoms with E-state index < -0.39 is 0 Å². The maximum atomic E-state index is 3.62. The van der Waals surface area contributed by atoms with Crippen molar-refractivity contribution in [3.05, 3.63) is 0 Å². The number of hydrogen-bond donors (Lipinski definition) is 1. The lowest BCUT2D eigenvalue weighted by Gasteiger charge is -2.41. The first kappa shape index (κ1) is 8.55. The van der Waals surface area contributed by atoms with Gasteiger partial charge in [0, 0.05) is 5.54 Å². The predicted octanol–water partition coefficient (Wildman–Crippen LogP) is 2.56. The molecule has 1 nitrogen and oxygen atoms in total. The van der Waals surface area contributed by atoms with Gasteiger partial charge in [-0.25, -0.2) is 0 Å². The van der Waals surface area contributed by atoms with E-state index in [1.165, 1.54) is 32.2 Å². The van der Waals surface area contributed by atoms with E-state index in [-0.39, 0.29) is 0 Å². The van der Waals surface area contributed by atoms with Gasteiger partial charge >= 0.3 is 0 Å². The molecule has 0 aromatic rings. The lowest BCUT2D eigenvalue weighted by Crippen LogP contribution is -2.55. The summed E-state index contributed by atoms with van der Waals surface area (Å²) in [4.78, 5) is 0. The molecule has 2 atom stereocenters. The van der Waals surface area contributed by atoms with Gasteiger partial charge in [0.1, 0.15) is 0 Å². The van der Waals surface area contributed by atoms with Crippen molar-refractivity contribution in [3.63, 3.8) is 0 Å². The zero-order valence-corrected chi connectivity index (χ0v) is 8.61. The molecule has 70 valence electrons. The van der Waals surface area contributed by atoms with Crippen LogP contribution in [0.4, 0.5) is 0 Å². The van der Waals surface area contributed by atoms with E-state index in [2.05, 4.69) is 26.1 Å². The predicted molar refractivity (Wildman–Crippen MR) is 52.1 cm³/mol. The van der Waals surface area contributed by atoms with Crippen molar-refractivity contribution in [2.45, 2.75) is 52.0 Å². The van der Waals surface area contributed by atoms with E-state index >= 15 is 0 Å². The van der Waals surface area contributed by atoms with Crippen molar-refractivity contribution >= 4 is 0 Å². The van der Waals surface area contributed by atoms with Crippen LogP contribution < -0.4 is 5.32 Å². The average Bonchev–Trinajstić information content (AvgIpc) is 2.26. The first-order chi connectivity index (χ1) is 5.52. The molecule has 0 aromatic heterocycles. The zero-order chi connectivity index (χ0) is 8.82. The van der Waals surface area contributed by atoms with Crippen molar-refractivity contribution < 1.29 is 0 Å². The third-order valence-corrected chi connectivity index (χ3v) is 3.94. The van der Waals surface area contributed by atoms with Crippen LogP contribution in [-0.4, -0.2) is 12.1 Å². The minimum absolute atomic E-state index is 0.529. The molecule has 1 N–H and O–H groups in total. The van der Waals surface area contributed by atoms with Gasteiger partial charge in [-0.1, -0.05) is 20.8 Å². The second-order valence-corrected chi connectivity index (χ2v) is 5.76. The van der Waals surface area contributed by atoms with E-state index in [9.17, 15) is 0 Å². The fraction of sp³-hybridized carbons (Fsp3) is 1.00. The Morgan fingerprint density at radius 2 is 1.92 bits per heavy atom. The number of hydrogen-bond acceptors (Lipinski definition) is 1. The largest absolute Gasteiger partial charge is 0.311 e. The highest BCUT2D eigenvalue weighted by Gasteiger charge is 2.46. The summed E-state index contributed by atoms with van der Waals surface area (Å²) in [5.41, 5.74) is 1.12. The van der Waals surface area contributed by atoms with Crippen molar-refractivity contribution in [2.24, 2.45) is 11.3 Å². The minimum atomic E-state index is 0.529. The first-order valence-corrected chi connectivity index (χ1v) is 5.27. The molecule has 2 fully saturated rings. The van der Waals surface area contributed by atoms with Crippen molar-refractivity contribution in [2.75, 3.05) is 6.54 Å². The van der Waals surface area contributed by atoms with Crippen LogP contribution in [0.1, 0.15) is 46.5 Å². The Morgan fingerprint density at radius 3 is 2.17 bits per heavy atom. The Hall–Kier alpha value is -0.0400. The van der Waals surface area contributed by atoms with Gasteiger partial charge in [-0.2, -0.15) is 0 Å². The van der Waals surface area contributed by atoms with Gasteiger partial charge in [-0.15, -0.1) is 0 Å². The molecular weight excluding hydrogens is 146 g/mol. The standard InChI is InChI=1S/C11H21N/c1-10(2,3)9-4-5-11(8-9)6-7-12-11/h9,12H,4-8H2,1-3H3/t9-,11+/m1/s1. The summed E-state index contributed by atoms with van der Waals surface area (Å²) >= 11 is 0. The topological polar surface area (TPSA) is 12.0 Å². The van der Waals surface area contributed by atoms with Crippen LogP contribution in [-0.2, 0) is 0 Å². The smallest absolute Gasteiger partial charge is 0.0196 e. The molecule has 1 heterocycles. The van der Waals surface area contributed by atoms with E-state index in [0.29, 0.717) is 11.0 Å². The summed E-state index contributed by atoms with van der Waals surface area (Å²) in [6, 6.07) is 0. The molecule has 0 amide bonds. The van der Waals surface area contributed by atoms with Crippen LogP contribution >= 0.6 is 0 Å². The minimum Gasteiger partial charge on any atom is -0.311 e. The molecule has 2 rings (SSSR count). The average molecular weight is 167 g/mol. The highest BCUT2D eigenvalue weighted by molar-refractivity contribution is 5.04. The maximum absolute atomic E-state index is 3.62. The first-order valence-electron chi connectivity index (χ1n) is 5.27. The lowest BCUT2D eigenvalue weighted by molar-refractivity contribution is 0.175. The van der Waals surface area contributed by atoms with Gasteiger partial charge in [0.15, 0.2) is 0 Å². The summed E-state index contributed by atoms with van der Waals surface area (Å²) in [5, 5.41) is 3.62. The van der Waals surface area contributed by atoms with Crippen molar-refractivity contribution in [3.8, 4) is 0 Å². The molecule has 2 aliphatic rings. The van der Waals surface area contributed by atoms with E-state index in [4.69, 9.17) is 0 Å². The van der Waals surface area contributed by atoms with Crippen LogP contribution in [0.2, 0.25) is 0 Å². The van der Waals surface area contributed by atoms with Crippen molar-refractivity contribution in [1.82, 2.24) is 5.32 Å². The highest BCUT2D eigenvalue weighted by Crippen LogP contribution is 2.47. The third kappa shape index (κ3) is 1.28. The normalized spacial score (nSPS) is 41.8. The van der Waals surface area contributed by atoms with E-state index in [0.717, 1.165) is 5.92 Å². The fourth-order valence-electron chi connectivity index (χ4n) is 2.73. The molecular formula is C11H21N. The summed E-state index contributed by atoms with van der Waals surface area (Å²) in [7, 11) is 0. The fourth-order valence-corrected chi connectivity index (χ4v) is 2.73. The summed E-state index contributed by atoms with van der Waals surface area (Å²) in [6.45, 7) is 8.41. The molecule has 1 saturated carbocycles. The molecule has 1 spiro atoms. The Kier molecular flexibility index (Phi) is 1.76. The summed E-state index contributed by atoms with van der Waals surface area (Å²) < 4.78 is 0. The van der Waals surface area contributed by atoms with Crippen molar-refractivity contribution in [1.29, 1.82) is 0 Å². The quantitative estimate of drug-likeness (QED) is 0.584. The van der Waals surface area contributed by atoms with Gasteiger partial charge < -0.3 is 5.32 Å². The lowest BCUT2D eigenvalue weighted by atomic mass is 9.77. The molecule has 12 heavy (non-hydrogen) atoms. The molecule has 1 saturated heterocycles. The van der Waals surface area contributed by atoms with E-state index in [1.807, 2.05) is 0 Å². The summed E-state index contributed by atoms with van der Waals surface area (Å²) in [5.74, 6) is 0.949. The Morgan fingerprint density at radius 1 is 1.25 bits per heavy atom. The summed E-state index contributed by atoms with van der Waals surface area (Å²) in [6.07, 6.45) is 5.72. The monoisotopic (exact) mass is 167 g/mol. The van der Waals surface area contributed by atoms with Crippen LogP contribution in [0.25, 0.3) is 0 Å². The van der Waals surface area contributed by atoms with Crippen LogP contribution in [0, 0.1) is 11.3 Å². The van der Waals surface area contributed by atoms with Gasteiger partial charge in [0.05, 0.1) is 0 Å². The van der Waals surface area contributed by atoms with E-state index in [1.54, 1.807) is 0 Å². The second kappa shape index (κ2) is 2.47. The third-order valence-electron chi connectivity index (χ3n) is 3.94. The zero-order valence-electron chi connectivity index (χ0n) is 8.61. The van der Waals surface area contributed by atoms with Gasteiger partial charge in [0.2, 0.25) is 0 Å². The Balaban J connectivity index is 1.98. The molecule has 0 radical (unpaired) electrons. The van der Waals surface area contributed by atoms with Crippen LogP contribution in [0.5, 0.6) is 0 Å². The second-order valence-electron chi connectivity index (χ2n) is 5.76. The number of nitrogens with one attached hydrogen (secondary N) is 1. The molecule has 0 bridgehead atoms. The number of rotatable bonds is 0. The molecule has 1 heteroatoms. The Labute approximate surface area is 75.9 Å². The highest BCUT2D eigenvalue weighted by atomic mass is 15.1. The van der Waals surface area contributed by atoms with Crippen LogP contribution in [0.3, 0.4) is 0 Å². The molecule has 1 aliphatic heterocycles. The molecule has 0 unspecified atom stereocenters. The van der Waals surface area contributed by atoms with Gasteiger partial charge in [0.25, 0.3) is 0 Å². The maximum Gasteiger partial charge on any atom is 0.0196 e. The molecule has 0 aromatic carbocycles. The van der Waals surface area contributed by atoms with Gasteiger partial charge in [-0.3, -0.25) is 0 Å². The Bertz CT molecular complexity index is 174. The van der Waals surface area contributed by atoms with Crippen LogP contribution in [0.15, 0.2) is 0 Å². The van der Waals surface area contributed by atoms with Gasteiger partial charge in [-0.05, 0) is 43.6 Å². The molecule has 1 aliphatic carbocycles. The SMILES string of the molecule is CC(C)(C)[C@@H]1CC[C@]2(CCN2)C1.